The molecule has 1 aliphatic heterocycles. The number of hydrogen-bond acceptors (Lipinski definition) is 7. The third-order valence-electron chi connectivity index (χ3n) is 3.88. The lowest BCUT2D eigenvalue weighted by Crippen LogP contribution is -2.39. The molecule has 0 bridgehead atoms. The maximum Gasteiger partial charge on any atom is 0.438 e. The molecule has 0 radical (unpaired) electrons. The number of hydrogen-bond donors (Lipinski definition) is 0. The minimum Gasteiger partial charge on any atom is -0.466 e. The highest BCUT2D eigenvalue weighted by atomic mass is 32.1. The molecule has 8 heteroatoms. The number of likely N-dealkylation sites (tertiary alicyclic amines) is 1. The molecule has 2 aromatic heterocycles. The fraction of sp³-hybridized carbons (Fsp3) is 0.533. The normalized spacial score (nSPS) is 16.6. The first kappa shape index (κ1) is 15.9. The van der Waals surface area contributed by atoms with Crippen LogP contribution in [-0.2, 0) is 16.2 Å². The van der Waals surface area contributed by atoms with Crippen molar-refractivity contribution >= 4 is 17.3 Å². The van der Waals surface area contributed by atoms with E-state index in [1.54, 1.807) is 0 Å². The van der Waals surface area contributed by atoms with E-state index in [0.717, 1.165) is 30.8 Å². The molecular formula is C15H19N3O4S. The largest absolute Gasteiger partial charge is 0.466 e. The first-order valence-corrected chi connectivity index (χ1v) is 8.56. The van der Waals surface area contributed by atoms with Crippen molar-refractivity contribution in [2.24, 2.45) is 5.92 Å². The highest BCUT2D eigenvalue weighted by Gasteiger charge is 2.26. The van der Waals surface area contributed by atoms with Gasteiger partial charge in [0.15, 0.2) is 0 Å². The molecule has 0 aromatic carbocycles. The number of nitrogens with zero attached hydrogens (tertiary/aromatic N) is 3. The van der Waals surface area contributed by atoms with Crippen LogP contribution in [0.5, 0.6) is 0 Å². The lowest BCUT2D eigenvalue weighted by molar-refractivity contribution is -0.149. The van der Waals surface area contributed by atoms with Gasteiger partial charge in [-0.15, -0.1) is 16.4 Å². The third kappa shape index (κ3) is 3.70. The Hall–Kier alpha value is -1.93. The number of rotatable bonds is 5. The van der Waals surface area contributed by atoms with Crippen molar-refractivity contribution in [2.45, 2.75) is 26.4 Å². The smallest absolute Gasteiger partial charge is 0.438 e. The predicted molar refractivity (Wildman–Crippen MR) is 85.0 cm³/mol. The molecule has 23 heavy (non-hydrogen) atoms. The molecule has 0 atom stereocenters. The number of thiophene rings is 1. The van der Waals surface area contributed by atoms with E-state index in [1.165, 1.54) is 16.0 Å². The van der Waals surface area contributed by atoms with Crippen molar-refractivity contribution in [3.05, 3.63) is 28.1 Å². The Morgan fingerprint density at radius 1 is 1.48 bits per heavy atom. The van der Waals surface area contributed by atoms with Gasteiger partial charge in [0, 0.05) is 13.1 Å². The van der Waals surface area contributed by atoms with Gasteiger partial charge in [0.25, 0.3) is 5.89 Å². The molecule has 0 aliphatic carbocycles. The lowest BCUT2D eigenvalue weighted by atomic mass is 9.97. The Morgan fingerprint density at radius 2 is 2.26 bits per heavy atom. The van der Waals surface area contributed by atoms with Crippen molar-refractivity contribution in [1.82, 2.24) is 14.7 Å². The van der Waals surface area contributed by atoms with E-state index in [0.29, 0.717) is 19.2 Å². The van der Waals surface area contributed by atoms with Gasteiger partial charge in [-0.2, -0.15) is 4.68 Å². The molecule has 1 fully saturated rings. The van der Waals surface area contributed by atoms with Crippen LogP contribution < -0.4 is 5.76 Å². The predicted octanol–water partition coefficient (Wildman–Crippen LogP) is 1.80. The Kier molecular flexibility index (Phi) is 4.92. The molecule has 1 aliphatic rings. The van der Waals surface area contributed by atoms with Crippen LogP contribution in [0.25, 0.3) is 10.8 Å². The molecule has 2 aromatic rings. The molecule has 3 rings (SSSR count). The van der Waals surface area contributed by atoms with Gasteiger partial charge in [-0.05, 0) is 31.2 Å². The summed E-state index contributed by atoms with van der Waals surface area (Å²) in [5, 5.41) is 6.16. The van der Waals surface area contributed by atoms with Gasteiger partial charge < -0.3 is 9.15 Å². The molecule has 7 nitrogen and oxygen atoms in total. The first-order valence-electron chi connectivity index (χ1n) is 7.68. The Morgan fingerprint density at radius 3 is 2.91 bits per heavy atom. The minimum absolute atomic E-state index is 0.0399. The van der Waals surface area contributed by atoms with E-state index in [4.69, 9.17) is 9.15 Å². The molecule has 1 saturated heterocycles. The quantitative estimate of drug-likeness (QED) is 0.774. The van der Waals surface area contributed by atoms with Crippen molar-refractivity contribution in [1.29, 1.82) is 0 Å². The molecule has 0 amide bonds. The molecule has 0 N–H and O–H groups in total. The topological polar surface area (TPSA) is 77.6 Å². The van der Waals surface area contributed by atoms with E-state index in [-0.39, 0.29) is 11.9 Å². The second-order valence-corrected chi connectivity index (χ2v) is 6.38. The Balaban J connectivity index is 1.59. The Labute approximate surface area is 137 Å². The monoisotopic (exact) mass is 337 g/mol. The van der Waals surface area contributed by atoms with Crippen molar-refractivity contribution in [2.75, 3.05) is 19.7 Å². The summed E-state index contributed by atoms with van der Waals surface area (Å²) in [6.07, 6.45) is 1.48. The number of carbonyl (C=O) groups excluding carboxylic acids is 1. The lowest BCUT2D eigenvalue weighted by Gasteiger charge is -2.29. The number of carbonyl (C=O) groups is 1. The maximum absolute atomic E-state index is 11.9. The summed E-state index contributed by atoms with van der Waals surface area (Å²) >= 11 is 1.48. The number of ether oxygens (including phenoxy) is 1. The second kappa shape index (κ2) is 7.10. The average molecular weight is 337 g/mol. The summed E-state index contributed by atoms with van der Waals surface area (Å²) in [5.74, 6) is -0.264. The molecule has 0 saturated carbocycles. The highest BCUT2D eigenvalue weighted by Crippen LogP contribution is 2.22. The van der Waals surface area contributed by atoms with Crippen LogP contribution in [0.15, 0.2) is 26.7 Å². The van der Waals surface area contributed by atoms with Crippen LogP contribution >= 0.6 is 11.3 Å². The van der Waals surface area contributed by atoms with Crippen LogP contribution in [0, 0.1) is 5.92 Å². The van der Waals surface area contributed by atoms with Crippen molar-refractivity contribution in [3.63, 3.8) is 0 Å². The summed E-state index contributed by atoms with van der Waals surface area (Å²) in [6, 6.07) is 3.75. The summed E-state index contributed by atoms with van der Waals surface area (Å²) in [7, 11) is 0. The fourth-order valence-electron chi connectivity index (χ4n) is 2.66. The molecule has 0 unspecified atom stereocenters. The van der Waals surface area contributed by atoms with Gasteiger partial charge in [-0.1, -0.05) is 6.07 Å². The zero-order chi connectivity index (χ0) is 16.2. The third-order valence-corrected chi connectivity index (χ3v) is 4.74. The highest BCUT2D eigenvalue weighted by molar-refractivity contribution is 7.13. The van der Waals surface area contributed by atoms with Crippen molar-refractivity contribution in [3.8, 4) is 10.8 Å². The fourth-order valence-corrected chi connectivity index (χ4v) is 3.30. The second-order valence-electron chi connectivity index (χ2n) is 5.44. The Bertz CT molecular complexity index is 699. The zero-order valence-corrected chi connectivity index (χ0v) is 13.8. The standard InChI is InChI=1S/C15H19N3O4S/c1-2-21-14(19)11-5-7-17(8-6-11)10-18-15(20)22-13(16-18)12-4-3-9-23-12/h3-4,9,11H,2,5-8,10H2,1H3. The molecular weight excluding hydrogens is 318 g/mol. The first-order chi connectivity index (χ1) is 11.2. The van der Waals surface area contributed by atoms with Crippen LogP contribution in [0.1, 0.15) is 19.8 Å². The van der Waals surface area contributed by atoms with Gasteiger partial charge in [-0.25, -0.2) is 4.79 Å². The average Bonchev–Trinajstić information content (AvgIpc) is 3.19. The number of piperidine rings is 1. The van der Waals surface area contributed by atoms with Gasteiger partial charge in [0.2, 0.25) is 0 Å². The van der Waals surface area contributed by atoms with E-state index in [2.05, 4.69) is 10.00 Å². The maximum atomic E-state index is 11.9. The minimum atomic E-state index is -0.457. The van der Waals surface area contributed by atoms with Gasteiger partial charge in [0.05, 0.1) is 17.4 Å². The van der Waals surface area contributed by atoms with Crippen molar-refractivity contribution < 1.29 is 13.9 Å². The van der Waals surface area contributed by atoms with E-state index in [9.17, 15) is 9.59 Å². The SMILES string of the molecule is CCOC(=O)C1CCN(Cn2nc(-c3cccs3)oc2=O)CC1. The molecule has 0 spiro atoms. The summed E-state index contributed by atoms with van der Waals surface area (Å²) in [6.45, 7) is 4.07. The van der Waals surface area contributed by atoms with E-state index in [1.807, 2.05) is 24.4 Å². The van der Waals surface area contributed by atoms with Gasteiger partial charge >= 0.3 is 11.7 Å². The van der Waals surface area contributed by atoms with Crippen LogP contribution in [-0.4, -0.2) is 40.3 Å². The zero-order valence-electron chi connectivity index (χ0n) is 12.9. The number of aromatic nitrogens is 2. The molecule has 3 heterocycles. The van der Waals surface area contributed by atoms with Gasteiger partial charge in [0.1, 0.15) is 6.67 Å². The summed E-state index contributed by atoms with van der Waals surface area (Å²) < 4.78 is 11.6. The van der Waals surface area contributed by atoms with E-state index < -0.39 is 5.76 Å². The summed E-state index contributed by atoms with van der Waals surface area (Å²) in [4.78, 5) is 26.6. The van der Waals surface area contributed by atoms with Crippen LogP contribution in [0.4, 0.5) is 0 Å². The van der Waals surface area contributed by atoms with Crippen LogP contribution in [0.2, 0.25) is 0 Å². The molecule has 124 valence electrons. The summed E-state index contributed by atoms with van der Waals surface area (Å²) in [5.41, 5.74) is 0. The van der Waals surface area contributed by atoms with E-state index >= 15 is 0 Å². The number of esters is 1. The van der Waals surface area contributed by atoms with Gasteiger partial charge in [-0.3, -0.25) is 9.69 Å². The van der Waals surface area contributed by atoms with Crippen LogP contribution in [0.3, 0.4) is 0 Å².